The van der Waals surface area contributed by atoms with Gasteiger partial charge in [-0.25, -0.2) is 9.79 Å². The van der Waals surface area contributed by atoms with E-state index in [-0.39, 0.29) is 28.1 Å². The van der Waals surface area contributed by atoms with E-state index in [0.29, 0.717) is 4.91 Å². The van der Waals surface area contributed by atoms with Crippen molar-refractivity contribution in [3.8, 4) is 5.75 Å². The summed E-state index contributed by atoms with van der Waals surface area (Å²) in [6, 6.07) is 11.5. The zero-order chi connectivity index (χ0) is 18.0. The second kappa shape index (κ2) is 6.82. The molecular weight excluding hydrogens is 340 g/mol. The van der Waals surface area contributed by atoms with E-state index >= 15 is 0 Å². The van der Waals surface area contributed by atoms with E-state index in [1.54, 1.807) is 6.08 Å². The van der Waals surface area contributed by atoms with Gasteiger partial charge in [0, 0.05) is 0 Å². The van der Waals surface area contributed by atoms with Gasteiger partial charge in [-0.05, 0) is 54.1 Å². The predicted molar refractivity (Wildman–Crippen MR) is 97.1 cm³/mol. The molecule has 0 saturated carbocycles. The van der Waals surface area contributed by atoms with E-state index in [1.807, 2.05) is 31.2 Å². The number of hydrogen-bond acceptors (Lipinski definition) is 5. The lowest BCUT2D eigenvalue weighted by Gasteiger charge is -2.02. The first kappa shape index (κ1) is 16.8. The van der Waals surface area contributed by atoms with E-state index in [1.165, 1.54) is 12.1 Å². The number of rotatable bonds is 3. The smallest absolute Gasteiger partial charge is 0.338 e. The Labute approximate surface area is 147 Å². The van der Waals surface area contributed by atoms with Crippen LogP contribution in [-0.2, 0) is 4.79 Å². The number of aromatic carboxylic acids is 1. The number of carbonyl (C=O) groups excluding carboxylic acids is 1. The molecular formula is C18H14N2O4S. The summed E-state index contributed by atoms with van der Waals surface area (Å²) in [5, 5.41) is 21.5. The highest BCUT2D eigenvalue weighted by molar-refractivity contribution is 8.18. The minimum absolute atomic E-state index is 0.140. The number of carboxylic acid groups (broad SMARTS) is 1. The summed E-state index contributed by atoms with van der Waals surface area (Å²) < 4.78 is 0. The molecule has 0 aromatic heterocycles. The molecule has 0 bridgehead atoms. The van der Waals surface area contributed by atoms with Gasteiger partial charge in [-0.15, -0.1) is 0 Å². The molecule has 6 nitrogen and oxygen atoms in total. The van der Waals surface area contributed by atoms with Crippen molar-refractivity contribution in [2.75, 3.05) is 0 Å². The fraction of sp³-hybridized carbons (Fsp3) is 0.0556. The number of aliphatic imine (C=N–C) groups is 1. The van der Waals surface area contributed by atoms with Crippen molar-refractivity contribution in [2.24, 2.45) is 4.99 Å². The summed E-state index contributed by atoms with van der Waals surface area (Å²) in [6.07, 6.45) is 1.77. The van der Waals surface area contributed by atoms with Crippen LogP contribution in [0.2, 0.25) is 0 Å². The van der Waals surface area contributed by atoms with E-state index in [9.17, 15) is 19.8 Å². The standard InChI is InChI=1S/C18H14N2O4S/c1-10-4-2-3-5-11(10)8-15-16(22)20-18(25-15)19-14-7-6-12(21)9-13(14)17(23)24/h2-9,21H,1H3,(H,23,24)(H,19,20,22)/b15-8-. The average Bonchev–Trinajstić information content (AvgIpc) is 2.90. The number of hydrogen-bond donors (Lipinski definition) is 3. The third-order valence-electron chi connectivity index (χ3n) is 3.56. The molecule has 0 aliphatic carbocycles. The van der Waals surface area contributed by atoms with Crippen molar-refractivity contribution in [1.29, 1.82) is 0 Å². The van der Waals surface area contributed by atoms with Gasteiger partial charge in [-0.3, -0.25) is 4.79 Å². The number of phenols is 1. The van der Waals surface area contributed by atoms with Gasteiger partial charge in [0.2, 0.25) is 0 Å². The van der Waals surface area contributed by atoms with Crippen molar-refractivity contribution >= 4 is 40.6 Å². The van der Waals surface area contributed by atoms with Crippen LogP contribution in [0.3, 0.4) is 0 Å². The van der Waals surface area contributed by atoms with Crippen molar-refractivity contribution in [1.82, 2.24) is 5.32 Å². The minimum atomic E-state index is -1.21. The summed E-state index contributed by atoms with van der Waals surface area (Å²) in [6.45, 7) is 1.95. The Kier molecular flexibility index (Phi) is 4.58. The average molecular weight is 354 g/mol. The Morgan fingerprint density at radius 1 is 1.24 bits per heavy atom. The second-order valence-electron chi connectivity index (χ2n) is 5.34. The number of carbonyl (C=O) groups is 2. The largest absolute Gasteiger partial charge is 0.508 e. The Morgan fingerprint density at radius 2 is 2.00 bits per heavy atom. The van der Waals surface area contributed by atoms with Gasteiger partial charge in [0.15, 0.2) is 5.17 Å². The Balaban J connectivity index is 1.92. The highest BCUT2D eigenvalue weighted by atomic mass is 32.2. The van der Waals surface area contributed by atoms with Crippen LogP contribution in [-0.4, -0.2) is 27.3 Å². The summed E-state index contributed by atoms with van der Waals surface area (Å²) >= 11 is 1.14. The molecule has 0 unspecified atom stereocenters. The summed E-state index contributed by atoms with van der Waals surface area (Å²) in [5.41, 5.74) is 1.99. The molecule has 3 N–H and O–H groups in total. The number of thioether (sulfide) groups is 1. The molecule has 1 fully saturated rings. The van der Waals surface area contributed by atoms with Gasteiger partial charge >= 0.3 is 5.97 Å². The lowest BCUT2D eigenvalue weighted by molar-refractivity contribution is -0.115. The SMILES string of the molecule is Cc1ccccc1/C=C1\SC(=Nc2ccc(O)cc2C(=O)O)NC1=O. The van der Waals surface area contributed by atoms with Crippen molar-refractivity contribution in [2.45, 2.75) is 6.92 Å². The maximum absolute atomic E-state index is 12.1. The van der Waals surface area contributed by atoms with E-state index < -0.39 is 5.97 Å². The number of aryl methyl sites for hydroxylation is 1. The minimum Gasteiger partial charge on any atom is -0.508 e. The molecule has 3 rings (SSSR count). The normalized spacial score (nSPS) is 17.1. The number of nitrogens with zero attached hydrogens (tertiary/aromatic N) is 1. The van der Waals surface area contributed by atoms with Crippen LogP contribution in [0.4, 0.5) is 5.69 Å². The third-order valence-corrected chi connectivity index (χ3v) is 4.47. The van der Waals surface area contributed by atoms with Crippen LogP contribution in [0, 0.1) is 6.92 Å². The molecule has 2 aromatic carbocycles. The molecule has 0 atom stereocenters. The van der Waals surface area contributed by atoms with Crippen LogP contribution in [0.15, 0.2) is 52.4 Å². The topological polar surface area (TPSA) is 99.0 Å². The van der Waals surface area contributed by atoms with Gasteiger partial charge < -0.3 is 15.5 Å². The maximum atomic E-state index is 12.1. The summed E-state index contributed by atoms with van der Waals surface area (Å²) in [4.78, 5) is 28.1. The van der Waals surface area contributed by atoms with Crippen molar-refractivity contribution < 1.29 is 19.8 Å². The lowest BCUT2D eigenvalue weighted by Crippen LogP contribution is -2.19. The molecule has 1 aliphatic rings. The van der Waals surface area contributed by atoms with Gasteiger partial charge in [0.05, 0.1) is 16.2 Å². The van der Waals surface area contributed by atoms with Gasteiger partial charge in [0.25, 0.3) is 5.91 Å². The van der Waals surface area contributed by atoms with Gasteiger partial charge in [-0.1, -0.05) is 24.3 Å². The van der Waals surface area contributed by atoms with Crippen LogP contribution in [0.25, 0.3) is 6.08 Å². The highest BCUT2D eigenvalue weighted by Crippen LogP contribution is 2.30. The fourth-order valence-corrected chi connectivity index (χ4v) is 3.10. The molecule has 1 amide bonds. The van der Waals surface area contributed by atoms with E-state index in [0.717, 1.165) is 29.0 Å². The van der Waals surface area contributed by atoms with Crippen molar-refractivity contribution in [3.05, 3.63) is 64.1 Å². The van der Waals surface area contributed by atoms with Gasteiger partial charge in [0.1, 0.15) is 5.75 Å². The number of amides is 1. The molecule has 7 heteroatoms. The number of carboxylic acids is 1. The predicted octanol–water partition coefficient (Wildman–Crippen LogP) is 3.29. The van der Waals surface area contributed by atoms with Crippen LogP contribution in [0.5, 0.6) is 5.75 Å². The highest BCUT2D eigenvalue weighted by Gasteiger charge is 2.24. The maximum Gasteiger partial charge on any atom is 0.338 e. The Bertz CT molecular complexity index is 934. The summed E-state index contributed by atoms with van der Waals surface area (Å²) in [5.74, 6) is -1.66. The van der Waals surface area contributed by atoms with Crippen LogP contribution >= 0.6 is 11.8 Å². The number of nitrogens with one attached hydrogen (secondary N) is 1. The zero-order valence-electron chi connectivity index (χ0n) is 13.2. The van der Waals surface area contributed by atoms with Gasteiger partial charge in [-0.2, -0.15) is 0 Å². The van der Waals surface area contributed by atoms with Crippen LogP contribution < -0.4 is 5.32 Å². The first-order valence-corrected chi connectivity index (χ1v) is 8.17. The lowest BCUT2D eigenvalue weighted by atomic mass is 10.1. The molecule has 2 aromatic rings. The van der Waals surface area contributed by atoms with E-state index in [2.05, 4.69) is 10.3 Å². The molecule has 25 heavy (non-hydrogen) atoms. The molecule has 1 saturated heterocycles. The number of aromatic hydroxyl groups is 1. The quantitative estimate of drug-likeness (QED) is 0.735. The first-order valence-electron chi connectivity index (χ1n) is 7.35. The first-order chi connectivity index (χ1) is 11.9. The summed E-state index contributed by atoms with van der Waals surface area (Å²) in [7, 11) is 0. The Hall–Kier alpha value is -3.06. The molecule has 0 radical (unpaired) electrons. The number of amidine groups is 1. The molecule has 1 heterocycles. The number of phenolic OH excluding ortho intramolecular Hbond substituents is 1. The Morgan fingerprint density at radius 3 is 2.72 bits per heavy atom. The molecule has 1 aliphatic heterocycles. The molecule has 126 valence electrons. The van der Waals surface area contributed by atoms with Crippen LogP contribution in [0.1, 0.15) is 21.5 Å². The zero-order valence-corrected chi connectivity index (χ0v) is 14.0. The van der Waals surface area contributed by atoms with E-state index in [4.69, 9.17) is 0 Å². The monoisotopic (exact) mass is 354 g/mol. The van der Waals surface area contributed by atoms with Crippen molar-refractivity contribution in [3.63, 3.8) is 0 Å². The number of benzene rings is 2. The fourth-order valence-electron chi connectivity index (χ4n) is 2.27. The molecule has 0 spiro atoms. The second-order valence-corrected chi connectivity index (χ2v) is 6.38. The third kappa shape index (κ3) is 3.72.